The van der Waals surface area contributed by atoms with Crippen LogP contribution in [0.2, 0.25) is 18.1 Å². The SMILES string of the molecule is CC(C)c1ccc(C(C)Oc2ccc(-c3c(-c4ccncc4)nn4c3C(=O)N(CCO[Si](C)(C)C(C)(C)C)CC4)cc2)cc1. The summed E-state index contributed by atoms with van der Waals surface area (Å²) in [7, 11) is -1.91. The molecule has 0 aliphatic carbocycles. The average molecular weight is 611 g/mol. The van der Waals surface area contributed by atoms with Crippen LogP contribution in [-0.2, 0) is 11.0 Å². The highest BCUT2D eigenvalue weighted by molar-refractivity contribution is 6.74. The van der Waals surface area contributed by atoms with Crippen LogP contribution >= 0.6 is 0 Å². The second-order valence-corrected chi connectivity index (χ2v) is 18.3. The molecule has 0 N–H and O–H groups in total. The van der Waals surface area contributed by atoms with Gasteiger partial charge < -0.3 is 14.1 Å². The number of pyridine rings is 1. The number of hydrogen-bond donors (Lipinski definition) is 0. The molecule has 2 aromatic heterocycles. The van der Waals surface area contributed by atoms with Crippen LogP contribution in [-0.4, -0.2) is 53.6 Å². The fraction of sp³-hybridized carbons (Fsp3) is 0.417. The van der Waals surface area contributed by atoms with Crippen LogP contribution < -0.4 is 4.74 Å². The Kier molecular flexibility index (Phi) is 9.14. The van der Waals surface area contributed by atoms with Crippen molar-refractivity contribution in [3.05, 3.63) is 89.9 Å². The fourth-order valence-electron chi connectivity index (χ4n) is 5.26. The van der Waals surface area contributed by atoms with Crippen LogP contribution in [0.25, 0.3) is 22.4 Å². The zero-order valence-corrected chi connectivity index (χ0v) is 28.4. The van der Waals surface area contributed by atoms with Crippen LogP contribution in [0, 0.1) is 0 Å². The molecule has 0 saturated carbocycles. The summed E-state index contributed by atoms with van der Waals surface area (Å²) < 4.78 is 14.6. The topological polar surface area (TPSA) is 69.5 Å². The van der Waals surface area contributed by atoms with Gasteiger partial charge in [0.25, 0.3) is 5.91 Å². The number of fused-ring (bicyclic) bond motifs is 1. The van der Waals surface area contributed by atoms with E-state index in [1.165, 1.54) is 5.56 Å². The van der Waals surface area contributed by atoms with Gasteiger partial charge in [0.1, 0.15) is 23.2 Å². The Morgan fingerprint density at radius 3 is 2.11 bits per heavy atom. The Bertz CT molecular complexity index is 1570. The van der Waals surface area contributed by atoms with E-state index < -0.39 is 8.32 Å². The highest BCUT2D eigenvalue weighted by Crippen LogP contribution is 2.38. The molecule has 5 rings (SSSR count). The number of nitrogens with zero attached hydrogens (tertiary/aromatic N) is 4. The first-order chi connectivity index (χ1) is 20.9. The molecule has 2 aromatic carbocycles. The van der Waals surface area contributed by atoms with Crippen molar-refractivity contribution in [1.82, 2.24) is 19.7 Å². The highest BCUT2D eigenvalue weighted by atomic mass is 28.4. The van der Waals surface area contributed by atoms with Crippen molar-refractivity contribution >= 4 is 14.2 Å². The van der Waals surface area contributed by atoms with Crippen molar-refractivity contribution in [2.24, 2.45) is 0 Å². The van der Waals surface area contributed by atoms with Gasteiger partial charge in [0.2, 0.25) is 0 Å². The van der Waals surface area contributed by atoms with Crippen LogP contribution in [0.3, 0.4) is 0 Å². The van der Waals surface area contributed by atoms with Crippen molar-refractivity contribution in [3.63, 3.8) is 0 Å². The van der Waals surface area contributed by atoms with Crippen LogP contribution in [0.15, 0.2) is 73.1 Å². The highest BCUT2D eigenvalue weighted by Gasteiger charge is 2.38. The predicted molar refractivity (Wildman–Crippen MR) is 180 cm³/mol. The molecular weight excluding hydrogens is 565 g/mol. The molecule has 1 aliphatic heterocycles. The van der Waals surface area contributed by atoms with E-state index >= 15 is 0 Å². The molecule has 0 saturated heterocycles. The standard InChI is InChI=1S/C36H46N4O3Si/c1-25(2)27-9-11-28(12-10-27)26(3)43-31-15-13-29(14-16-31)32-33(30-17-19-37-20-18-30)38-40-22-21-39(35(41)34(32)40)23-24-42-44(7,8)36(4,5)6/h9-20,25-26H,21-24H2,1-8H3. The molecule has 7 nitrogen and oxygen atoms in total. The van der Waals surface area contributed by atoms with Crippen LogP contribution in [0.4, 0.5) is 0 Å². The number of aromatic nitrogens is 3. The van der Waals surface area contributed by atoms with Crippen LogP contribution in [0.5, 0.6) is 5.75 Å². The van der Waals surface area contributed by atoms with Gasteiger partial charge in [-0.25, -0.2) is 0 Å². The number of carbonyl (C=O) groups excluding carboxylic acids is 1. The molecule has 8 heteroatoms. The summed E-state index contributed by atoms with van der Waals surface area (Å²) in [6, 6.07) is 20.5. The van der Waals surface area contributed by atoms with E-state index in [1.807, 2.05) is 46.0 Å². The first-order valence-corrected chi connectivity index (χ1v) is 18.6. The first kappa shape index (κ1) is 31.7. The normalized spacial score (nSPS) is 14.6. The minimum Gasteiger partial charge on any atom is -0.486 e. The zero-order chi connectivity index (χ0) is 31.6. The first-order valence-electron chi connectivity index (χ1n) is 15.7. The third-order valence-corrected chi connectivity index (χ3v) is 13.7. The molecule has 44 heavy (non-hydrogen) atoms. The summed E-state index contributed by atoms with van der Waals surface area (Å²) in [6.07, 6.45) is 3.42. The van der Waals surface area contributed by atoms with Crippen molar-refractivity contribution in [2.45, 2.75) is 78.2 Å². The molecule has 232 valence electrons. The van der Waals surface area contributed by atoms with Crippen molar-refractivity contribution in [2.75, 3.05) is 19.7 Å². The van der Waals surface area contributed by atoms with Gasteiger partial charge in [-0.1, -0.05) is 71.0 Å². The summed E-state index contributed by atoms with van der Waals surface area (Å²) in [5.41, 5.74) is 6.52. The monoisotopic (exact) mass is 610 g/mol. The fourth-order valence-corrected chi connectivity index (χ4v) is 6.29. The molecule has 4 aromatic rings. The minimum atomic E-state index is -1.91. The van der Waals surface area contributed by atoms with E-state index in [4.69, 9.17) is 14.3 Å². The number of amides is 1. The maximum absolute atomic E-state index is 14.0. The van der Waals surface area contributed by atoms with E-state index in [2.05, 4.69) is 83.9 Å². The zero-order valence-electron chi connectivity index (χ0n) is 27.4. The molecule has 1 atom stereocenters. The predicted octanol–water partition coefficient (Wildman–Crippen LogP) is 8.35. The van der Waals surface area contributed by atoms with Gasteiger partial charge in [0.15, 0.2) is 8.32 Å². The molecule has 1 aliphatic rings. The Hall–Kier alpha value is -3.75. The lowest BCUT2D eigenvalue weighted by atomic mass is 9.98. The number of hydrogen-bond acceptors (Lipinski definition) is 5. The number of rotatable bonds is 10. The van der Waals surface area contributed by atoms with E-state index in [-0.39, 0.29) is 17.0 Å². The molecule has 0 spiro atoms. The molecule has 1 unspecified atom stereocenters. The van der Waals surface area contributed by atoms with Crippen molar-refractivity contribution in [1.29, 1.82) is 0 Å². The lowest BCUT2D eigenvalue weighted by Gasteiger charge is -2.37. The summed E-state index contributed by atoms with van der Waals surface area (Å²) in [6.45, 7) is 20.0. The van der Waals surface area contributed by atoms with Gasteiger partial charge in [0, 0.05) is 36.6 Å². The molecule has 1 amide bonds. The van der Waals surface area contributed by atoms with Gasteiger partial charge in [-0.3, -0.25) is 14.5 Å². The lowest BCUT2D eigenvalue weighted by Crippen LogP contribution is -2.46. The van der Waals surface area contributed by atoms with Gasteiger partial charge in [-0.15, -0.1) is 0 Å². The Balaban J connectivity index is 1.40. The third kappa shape index (κ3) is 6.66. The van der Waals surface area contributed by atoms with E-state index in [0.717, 1.165) is 33.7 Å². The number of carbonyl (C=O) groups is 1. The molecular formula is C36H46N4O3Si. The van der Waals surface area contributed by atoms with Crippen molar-refractivity contribution in [3.8, 4) is 28.1 Å². The second-order valence-electron chi connectivity index (χ2n) is 13.5. The lowest BCUT2D eigenvalue weighted by molar-refractivity contribution is 0.0666. The van der Waals surface area contributed by atoms with E-state index in [1.54, 1.807) is 12.4 Å². The second kappa shape index (κ2) is 12.7. The summed E-state index contributed by atoms with van der Waals surface area (Å²) in [5.74, 6) is 1.25. The average Bonchev–Trinajstić information content (AvgIpc) is 3.39. The quantitative estimate of drug-likeness (QED) is 0.169. The maximum Gasteiger partial charge on any atom is 0.272 e. The molecule has 0 fully saturated rings. The van der Waals surface area contributed by atoms with Crippen molar-refractivity contribution < 1.29 is 14.0 Å². The van der Waals surface area contributed by atoms with Gasteiger partial charge >= 0.3 is 0 Å². The summed E-state index contributed by atoms with van der Waals surface area (Å²) in [4.78, 5) is 20.1. The third-order valence-electron chi connectivity index (χ3n) is 9.14. The minimum absolute atomic E-state index is 0.0170. The van der Waals surface area contributed by atoms with E-state index in [0.29, 0.717) is 37.9 Å². The Morgan fingerprint density at radius 1 is 0.864 bits per heavy atom. The summed E-state index contributed by atoms with van der Waals surface area (Å²) in [5, 5.41) is 5.07. The number of benzene rings is 2. The molecule has 0 bridgehead atoms. The Labute approximate surface area is 263 Å². The molecule has 3 heterocycles. The van der Waals surface area contributed by atoms with Gasteiger partial charge in [-0.2, -0.15) is 5.10 Å². The van der Waals surface area contributed by atoms with Crippen LogP contribution in [0.1, 0.15) is 75.2 Å². The Morgan fingerprint density at radius 2 is 1.50 bits per heavy atom. The van der Waals surface area contributed by atoms with E-state index in [9.17, 15) is 4.79 Å². The number of ether oxygens (including phenoxy) is 1. The van der Waals surface area contributed by atoms with Gasteiger partial charge in [0.05, 0.1) is 13.2 Å². The van der Waals surface area contributed by atoms with Gasteiger partial charge in [-0.05, 0) is 71.9 Å². The smallest absolute Gasteiger partial charge is 0.272 e. The largest absolute Gasteiger partial charge is 0.486 e. The summed E-state index contributed by atoms with van der Waals surface area (Å²) >= 11 is 0. The maximum atomic E-state index is 14.0. The molecule has 0 radical (unpaired) electrons.